The van der Waals surface area contributed by atoms with Gasteiger partial charge < -0.3 is 15.5 Å². The molecule has 1 rings (SSSR count). The average Bonchev–Trinajstić information content (AvgIpc) is 2.29. The molecule has 88 valence electrons. The van der Waals surface area contributed by atoms with Gasteiger partial charge in [-0.05, 0) is 39.8 Å². The summed E-state index contributed by atoms with van der Waals surface area (Å²) in [5, 5.41) is 6.65. The first-order chi connectivity index (χ1) is 7.27. The quantitative estimate of drug-likeness (QED) is 0.685. The first-order valence-corrected chi connectivity index (χ1v) is 5.99. The van der Waals surface area contributed by atoms with Crippen LogP contribution in [-0.4, -0.2) is 49.6 Å². The average molecular weight is 213 g/mol. The highest BCUT2D eigenvalue weighted by molar-refractivity contribution is 5.78. The van der Waals surface area contributed by atoms with Crippen molar-refractivity contribution in [2.24, 2.45) is 0 Å². The van der Waals surface area contributed by atoms with Crippen molar-refractivity contribution in [3.05, 3.63) is 0 Å². The van der Waals surface area contributed by atoms with Gasteiger partial charge in [0.2, 0.25) is 5.91 Å². The third kappa shape index (κ3) is 4.18. The first kappa shape index (κ1) is 12.5. The minimum atomic E-state index is 0.221. The highest BCUT2D eigenvalue weighted by atomic mass is 16.2. The van der Waals surface area contributed by atoms with Crippen LogP contribution < -0.4 is 10.6 Å². The number of nitrogens with zero attached hydrogens (tertiary/aromatic N) is 1. The molecule has 0 aromatic carbocycles. The molecule has 1 aliphatic rings. The van der Waals surface area contributed by atoms with E-state index in [0.717, 1.165) is 39.0 Å². The lowest BCUT2D eigenvalue weighted by Crippen LogP contribution is -2.45. The minimum absolute atomic E-state index is 0.221. The standard InChI is InChI=1S/C11H23N3O/c1-3-14(4-2)11(15)9-13-10-5-7-12-8-6-10/h10,12-13H,3-9H2,1-2H3. The molecule has 4 heteroatoms. The van der Waals surface area contributed by atoms with E-state index in [-0.39, 0.29) is 5.91 Å². The number of hydrogen-bond donors (Lipinski definition) is 2. The Labute approximate surface area is 92.4 Å². The van der Waals surface area contributed by atoms with E-state index in [9.17, 15) is 4.79 Å². The predicted molar refractivity (Wildman–Crippen MR) is 61.8 cm³/mol. The molecule has 15 heavy (non-hydrogen) atoms. The Kier molecular flexibility index (Phi) is 5.65. The molecule has 1 aliphatic heterocycles. The van der Waals surface area contributed by atoms with Gasteiger partial charge in [-0.1, -0.05) is 0 Å². The summed E-state index contributed by atoms with van der Waals surface area (Å²) in [5.41, 5.74) is 0. The summed E-state index contributed by atoms with van der Waals surface area (Å²) in [7, 11) is 0. The predicted octanol–water partition coefficient (Wildman–Crippen LogP) is 0.196. The largest absolute Gasteiger partial charge is 0.342 e. The van der Waals surface area contributed by atoms with Gasteiger partial charge in [0, 0.05) is 19.1 Å². The van der Waals surface area contributed by atoms with Crippen molar-refractivity contribution in [1.29, 1.82) is 0 Å². The third-order valence-corrected chi connectivity index (χ3v) is 3.00. The Morgan fingerprint density at radius 2 is 1.93 bits per heavy atom. The monoisotopic (exact) mass is 213 g/mol. The van der Waals surface area contributed by atoms with Crippen LogP contribution in [0.1, 0.15) is 26.7 Å². The maximum Gasteiger partial charge on any atom is 0.236 e. The number of hydrogen-bond acceptors (Lipinski definition) is 3. The molecule has 0 radical (unpaired) electrons. The van der Waals surface area contributed by atoms with E-state index in [4.69, 9.17) is 0 Å². The van der Waals surface area contributed by atoms with Gasteiger partial charge in [0.15, 0.2) is 0 Å². The van der Waals surface area contributed by atoms with Gasteiger partial charge in [0.25, 0.3) is 0 Å². The van der Waals surface area contributed by atoms with E-state index in [2.05, 4.69) is 10.6 Å². The molecule has 1 heterocycles. The van der Waals surface area contributed by atoms with Crippen molar-refractivity contribution in [2.45, 2.75) is 32.7 Å². The number of amides is 1. The van der Waals surface area contributed by atoms with Crippen LogP contribution in [0.4, 0.5) is 0 Å². The number of carbonyl (C=O) groups excluding carboxylic acids is 1. The normalized spacial score (nSPS) is 17.7. The molecule has 0 spiro atoms. The van der Waals surface area contributed by atoms with E-state index < -0.39 is 0 Å². The van der Waals surface area contributed by atoms with Crippen molar-refractivity contribution in [3.8, 4) is 0 Å². The summed E-state index contributed by atoms with van der Waals surface area (Å²) in [6, 6.07) is 0.519. The second-order valence-corrected chi connectivity index (χ2v) is 3.97. The van der Waals surface area contributed by atoms with Gasteiger partial charge in [0.05, 0.1) is 6.54 Å². The molecule has 0 saturated carbocycles. The van der Waals surface area contributed by atoms with Gasteiger partial charge >= 0.3 is 0 Å². The topological polar surface area (TPSA) is 44.4 Å². The van der Waals surface area contributed by atoms with Crippen LogP contribution in [0.3, 0.4) is 0 Å². The number of piperidine rings is 1. The Morgan fingerprint density at radius 3 is 2.47 bits per heavy atom. The van der Waals surface area contributed by atoms with Crippen molar-refractivity contribution >= 4 is 5.91 Å². The Hall–Kier alpha value is -0.610. The van der Waals surface area contributed by atoms with Gasteiger partial charge in [-0.2, -0.15) is 0 Å². The summed E-state index contributed by atoms with van der Waals surface area (Å²) >= 11 is 0. The fraction of sp³-hybridized carbons (Fsp3) is 0.909. The van der Waals surface area contributed by atoms with Crippen LogP contribution in [0.5, 0.6) is 0 Å². The first-order valence-electron chi connectivity index (χ1n) is 5.99. The Morgan fingerprint density at radius 1 is 1.33 bits per heavy atom. The molecule has 0 atom stereocenters. The zero-order valence-electron chi connectivity index (χ0n) is 9.88. The van der Waals surface area contributed by atoms with Gasteiger partial charge in [-0.25, -0.2) is 0 Å². The highest BCUT2D eigenvalue weighted by Crippen LogP contribution is 2.01. The summed E-state index contributed by atoms with van der Waals surface area (Å²) in [5.74, 6) is 0.221. The van der Waals surface area contributed by atoms with Gasteiger partial charge in [-0.15, -0.1) is 0 Å². The molecular formula is C11H23N3O. The molecular weight excluding hydrogens is 190 g/mol. The molecule has 1 amide bonds. The smallest absolute Gasteiger partial charge is 0.236 e. The molecule has 0 unspecified atom stereocenters. The van der Waals surface area contributed by atoms with Crippen molar-refractivity contribution in [1.82, 2.24) is 15.5 Å². The molecule has 0 bridgehead atoms. The fourth-order valence-corrected chi connectivity index (χ4v) is 1.95. The molecule has 1 fully saturated rings. The summed E-state index contributed by atoms with van der Waals surface area (Å²) < 4.78 is 0. The zero-order valence-corrected chi connectivity index (χ0v) is 9.88. The van der Waals surface area contributed by atoms with Crippen LogP contribution in [0.25, 0.3) is 0 Å². The summed E-state index contributed by atoms with van der Waals surface area (Å²) in [6.07, 6.45) is 2.26. The molecule has 1 saturated heterocycles. The summed E-state index contributed by atoms with van der Waals surface area (Å²) in [6.45, 7) is 8.28. The van der Waals surface area contributed by atoms with E-state index in [0.29, 0.717) is 12.6 Å². The SMILES string of the molecule is CCN(CC)C(=O)CNC1CCNCC1. The zero-order chi connectivity index (χ0) is 11.1. The maximum atomic E-state index is 11.7. The lowest BCUT2D eigenvalue weighted by atomic mass is 10.1. The second-order valence-electron chi connectivity index (χ2n) is 3.97. The summed E-state index contributed by atoms with van der Waals surface area (Å²) in [4.78, 5) is 13.6. The van der Waals surface area contributed by atoms with E-state index >= 15 is 0 Å². The molecule has 0 aliphatic carbocycles. The molecule has 2 N–H and O–H groups in total. The molecule has 0 aromatic heterocycles. The van der Waals surface area contributed by atoms with Crippen LogP contribution in [0.2, 0.25) is 0 Å². The lowest BCUT2D eigenvalue weighted by molar-refractivity contribution is -0.130. The minimum Gasteiger partial charge on any atom is -0.342 e. The number of carbonyl (C=O) groups is 1. The van der Waals surface area contributed by atoms with Crippen molar-refractivity contribution in [2.75, 3.05) is 32.7 Å². The van der Waals surface area contributed by atoms with Crippen LogP contribution in [0, 0.1) is 0 Å². The van der Waals surface area contributed by atoms with Gasteiger partial charge in [0.1, 0.15) is 0 Å². The number of likely N-dealkylation sites (N-methyl/N-ethyl adjacent to an activating group) is 1. The Bertz CT molecular complexity index is 186. The third-order valence-electron chi connectivity index (χ3n) is 3.00. The van der Waals surface area contributed by atoms with Crippen LogP contribution >= 0.6 is 0 Å². The van der Waals surface area contributed by atoms with E-state index in [1.165, 1.54) is 0 Å². The number of rotatable bonds is 5. The Balaban J connectivity index is 2.20. The van der Waals surface area contributed by atoms with Crippen LogP contribution in [-0.2, 0) is 4.79 Å². The van der Waals surface area contributed by atoms with E-state index in [1.54, 1.807) is 0 Å². The second kappa shape index (κ2) is 6.80. The lowest BCUT2D eigenvalue weighted by Gasteiger charge is -2.25. The van der Waals surface area contributed by atoms with E-state index in [1.807, 2.05) is 18.7 Å². The van der Waals surface area contributed by atoms with Crippen molar-refractivity contribution < 1.29 is 4.79 Å². The maximum absolute atomic E-state index is 11.7. The van der Waals surface area contributed by atoms with Crippen molar-refractivity contribution in [3.63, 3.8) is 0 Å². The molecule has 4 nitrogen and oxygen atoms in total. The number of nitrogens with one attached hydrogen (secondary N) is 2. The van der Waals surface area contributed by atoms with Gasteiger partial charge in [-0.3, -0.25) is 4.79 Å². The molecule has 0 aromatic rings. The highest BCUT2D eigenvalue weighted by Gasteiger charge is 2.15. The fourth-order valence-electron chi connectivity index (χ4n) is 1.95. The van der Waals surface area contributed by atoms with Crippen LogP contribution in [0.15, 0.2) is 0 Å².